The molecule has 0 unspecified atom stereocenters. The van der Waals surface area contributed by atoms with Gasteiger partial charge in [0.25, 0.3) is 5.91 Å². The van der Waals surface area contributed by atoms with E-state index in [9.17, 15) is 4.79 Å². The van der Waals surface area contributed by atoms with E-state index >= 15 is 0 Å². The summed E-state index contributed by atoms with van der Waals surface area (Å²) in [7, 11) is 0. The number of hydrogen-bond acceptors (Lipinski definition) is 5. The van der Waals surface area contributed by atoms with E-state index in [-0.39, 0.29) is 18.1 Å². The number of fused-ring (bicyclic) bond motifs is 5. The smallest absolute Gasteiger partial charge is 0.260 e. The molecular weight excluding hydrogens is 406 g/mol. The van der Waals surface area contributed by atoms with Gasteiger partial charge in [0, 0.05) is 31.0 Å². The third-order valence-corrected chi connectivity index (χ3v) is 6.62. The molecule has 2 aromatic carbocycles. The van der Waals surface area contributed by atoms with Gasteiger partial charge in [-0.15, -0.1) is 0 Å². The topological polar surface area (TPSA) is 65.0 Å². The summed E-state index contributed by atoms with van der Waals surface area (Å²) in [6.07, 6.45) is 3.82. The summed E-state index contributed by atoms with van der Waals surface area (Å²) < 4.78 is 19.2. The Bertz CT molecular complexity index is 1160. The molecule has 164 valence electrons. The Morgan fingerprint density at radius 1 is 1.00 bits per heavy atom. The molecule has 3 aromatic rings. The van der Waals surface area contributed by atoms with Crippen LogP contribution in [0.4, 0.5) is 5.69 Å². The molecule has 1 saturated heterocycles. The highest BCUT2D eigenvalue weighted by Gasteiger charge is 2.42. The monoisotopic (exact) mass is 431 g/mol. The molecule has 0 atom stereocenters. The molecule has 1 fully saturated rings. The van der Waals surface area contributed by atoms with Crippen molar-refractivity contribution in [1.29, 1.82) is 0 Å². The van der Waals surface area contributed by atoms with Crippen molar-refractivity contribution in [3.63, 3.8) is 0 Å². The van der Waals surface area contributed by atoms with Gasteiger partial charge in [0.2, 0.25) is 0 Å². The summed E-state index contributed by atoms with van der Waals surface area (Å²) in [6, 6.07) is 18.1. The number of nitrogens with one attached hydrogen (secondary N) is 1. The summed E-state index contributed by atoms with van der Waals surface area (Å²) in [6.45, 7) is 2.45. The minimum atomic E-state index is -0.161. The number of aromatic nitrogens is 1. The van der Waals surface area contributed by atoms with E-state index in [0.29, 0.717) is 43.6 Å². The van der Waals surface area contributed by atoms with Crippen LogP contribution in [-0.2, 0) is 10.3 Å². The van der Waals surface area contributed by atoms with Gasteiger partial charge in [0.1, 0.15) is 19.0 Å². The van der Waals surface area contributed by atoms with Crippen molar-refractivity contribution < 1.29 is 19.0 Å². The Morgan fingerprint density at radius 2 is 1.81 bits per heavy atom. The number of ether oxygens (including phenoxy) is 3. The van der Waals surface area contributed by atoms with Gasteiger partial charge < -0.3 is 29.0 Å². The SMILES string of the molecule is O=C(COc1ccc2c(c1)OCCO2)N1CCC2(CC1)Nc1ccccc1-n1cccc12. The summed E-state index contributed by atoms with van der Waals surface area (Å²) in [5.74, 6) is 1.98. The molecule has 0 aliphatic carbocycles. The Labute approximate surface area is 186 Å². The Balaban J connectivity index is 1.12. The molecule has 7 nitrogen and oxygen atoms in total. The predicted octanol–water partition coefficient (Wildman–Crippen LogP) is 3.57. The normalized spacial score (nSPS) is 17.8. The highest BCUT2D eigenvalue weighted by atomic mass is 16.6. The zero-order valence-corrected chi connectivity index (χ0v) is 17.8. The van der Waals surface area contributed by atoms with E-state index < -0.39 is 0 Å². The van der Waals surface area contributed by atoms with E-state index in [1.54, 1.807) is 6.07 Å². The van der Waals surface area contributed by atoms with Gasteiger partial charge in [-0.25, -0.2) is 0 Å². The summed E-state index contributed by atoms with van der Waals surface area (Å²) in [4.78, 5) is 14.7. The highest BCUT2D eigenvalue weighted by molar-refractivity contribution is 5.78. The van der Waals surface area contributed by atoms with Crippen LogP contribution in [0.3, 0.4) is 0 Å². The van der Waals surface area contributed by atoms with Gasteiger partial charge in [-0.2, -0.15) is 0 Å². The van der Waals surface area contributed by atoms with Crippen LogP contribution in [0.25, 0.3) is 5.69 Å². The fourth-order valence-electron chi connectivity index (χ4n) is 4.96. The maximum Gasteiger partial charge on any atom is 0.260 e. The molecule has 3 aliphatic heterocycles. The van der Waals surface area contributed by atoms with Gasteiger partial charge in [0.05, 0.1) is 16.9 Å². The maximum absolute atomic E-state index is 12.8. The predicted molar refractivity (Wildman–Crippen MR) is 120 cm³/mol. The van der Waals surface area contributed by atoms with Crippen LogP contribution >= 0.6 is 0 Å². The number of para-hydroxylation sites is 2. The van der Waals surface area contributed by atoms with Crippen molar-refractivity contribution in [3.05, 3.63) is 66.5 Å². The van der Waals surface area contributed by atoms with Crippen LogP contribution in [-0.4, -0.2) is 48.3 Å². The quantitative estimate of drug-likeness (QED) is 0.687. The average molecular weight is 431 g/mol. The van der Waals surface area contributed by atoms with Crippen molar-refractivity contribution in [3.8, 4) is 22.9 Å². The molecule has 4 heterocycles. The fourth-order valence-corrected chi connectivity index (χ4v) is 4.96. The summed E-state index contributed by atoms with van der Waals surface area (Å²) in [5, 5.41) is 3.79. The third-order valence-electron chi connectivity index (χ3n) is 6.62. The number of likely N-dealkylation sites (tertiary alicyclic amines) is 1. The molecule has 0 saturated carbocycles. The number of piperidine rings is 1. The first-order chi connectivity index (χ1) is 15.7. The Hall–Kier alpha value is -3.61. The second-order valence-electron chi connectivity index (χ2n) is 8.46. The molecule has 6 rings (SSSR count). The molecule has 1 amide bonds. The van der Waals surface area contributed by atoms with Crippen LogP contribution in [0, 0.1) is 0 Å². The number of amides is 1. The number of rotatable bonds is 3. The Morgan fingerprint density at radius 3 is 2.69 bits per heavy atom. The largest absolute Gasteiger partial charge is 0.486 e. The second kappa shape index (κ2) is 7.51. The lowest BCUT2D eigenvalue weighted by Crippen LogP contribution is -2.51. The first kappa shape index (κ1) is 19.1. The lowest BCUT2D eigenvalue weighted by Gasteiger charge is -2.46. The average Bonchev–Trinajstić information content (AvgIpc) is 3.35. The lowest BCUT2D eigenvalue weighted by molar-refractivity contribution is -0.134. The number of hydrogen-bond donors (Lipinski definition) is 1. The van der Waals surface area contributed by atoms with Crippen molar-refractivity contribution >= 4 is 11.6 Å². The van der Waals surface area contributed by atoms with Crippen molar-refractivity contribution in [2.75, 3.05) is 38.2 Å². The van der Waals surface area contributed by atoms with E-state index in [2.05, 4.69) is 52.5 Å². The molecule has 32 heavy (non-hydrogen) atoms. The summed E-state index contributed by atoms with van der Waals surface area (Å²) in [5.41, 5.74) is 3.41. The van der Waals surface area contributed by atoms with Crippen molar-refractivity contribution in [2.24, 2.45) is 0 Å². The zero-order valence-electron chi connectivity index (χ0n) is 17.8. The van der Waals surface area contributed by atoms with E-state index in [0.717, 1.165) is 18.5 Å². The van der Waals surface area contributed by atoms with E-state index in [4.69, 9.17) is 14.2 Å². The third kappa shape index (κ3) is 3.16. The molecule has 0 bridgehead atoms. The van der Waals surface area contributed by atoms with Crippen LogP contribution in [0.5, 0.6) is 17.2 Å². The minimum absolute atomic E-state index is 0.00123. The number of benzene rings is 2. The van der Waals surface area contributed by atoms with Crippen LogP contribution in [0.1, 0.15) is 18.5 Å². The van der Waals surface area contributed by atoms with Gasteiger partial charge >= 0.3 is 0 Å². The maximum atomic E-state index is 12.8. The molecule has 7 heteroatoms. The van der Waals surface area contributed by atoms with Crippen molar-refractivity contribution in [2.45, 2.75) is 18.4 Å². The Kier molecular flexibility index (Phi) is 4.48. The molecule has 1 spiro atoms. The molecule has 3 aliphatic rings. The van der Waals surface area contributed by atoms with Gasteiger partial charge in [-0.3, -0.25) is 4.79 Å². The van der Waals surface area contributed by atoms with Crippen LogP contribution in [0.2, 0.25) is 0 Å². The molecule has 1 N–H and O–H groups in total. The van der Waals surface area contributed by atoms with Crippen LogP contribution in [0.15, 0.2) is 60.8 Å². The zero-order chi connectivity index (χ0) is 21.5. The summed E-state index contributed by atoms with van der Waals surface area (Å²) >= 11 is 0. The number of carbonyl (C=O) groups is 1. The lowest BCUT2D eigenvalue weighted by atomic mass is 9.82. The number of nitrogens with zero attached hydrogens (tertiary/aromatic N) is 2. The highest BCUT2D eigenvalue weighted by Crippen LogP contribution is 2.43. The first-order valence-electron chi connectivity index (χ1n) is 11.1. The second-order valence-corrected chi connectivity index (χ2v) is 8.46. The fraction of sp³-hybridized carbons (Fsp3) is 0.320. The van der Waals surface area contributed by atoms with Gasteiger partial charge in [0.15, 0.2) is 18.1 Å². The van der Waals surface area contributed by atoms with E-state index in [1.165, 1.54) is 11.4 Å². The molecule has 0 radical (unpaired) electrons. The van der Waals surface area contributed by atoms with Gasteiger partial charge in [-0.05, 0) is 49.2 Å². The molecular formula is C25H25N3O4. The standard InChI is InChI=1S/C25H25N3O4/c29-24(17-32-18-7-8-21-22(16-18)31-15-14-30-21)27-12-9-25(10-13-27)23-6-3-11-28(23)20-5-2-1-4-19(20)26-25/h1-8,11,16,26H,9-10,12-15,17H2. The van der Waals surface area contributed by atoms with Gasteiger partial charge in [-0.1, -0.05) is 12.1 Å². The van der Waals surface area contributed by atoms with Crippen LogP contribution < -0.4 is 19.5 Å². The first-order valence-corrected chi connectivity index (χ1v) is 11.1. The molecule has 1 aromatic heterocycles. The number of carbonyl (C=O) groups excluding carboxylic acids is 1. The number of anilines is 1. The van der Waals surface area contributed by atoms with Crippen molar-refractivity contribution in [1.82, 2.24) is 9.47 Å². The minimum Gasteiger partial charge on any atom is -0.486 e. The van der Waals surface area contributed by atoms with E-state index in [1.807, 2.05) is 17.0 Å².